The number of nitrogens with zero attached hydrogens (tertiary/aromatic N) is 1. The molecule has 0 radical (unpaired) electrons. The highest BCUT2D eigenvalue weighted by atomic mass is 35.5. The molecule has 0 saturated carbocycles. The summed E-state index contributed by atoms with van der Waals surface area (Å²) >= 11 is 5.82. The van der Waals surface area contributed by atoms with Gasteiger partial charge in [0, 0.05) is 18.5 Å². The molecule has 1 atom stereocenters. The SMILES string of the molecule is ClCCC(Oc1cccnc1)c1ccccc1. The van der Waals surface area contributed by atoms with E-state index in [4.69, 9.17) is 16.3 Å². The Labute approximate surface area is 106 Å². The first kappa shape index (κ1) is 11.9. The fraction of sp³-hybridized carbons (Fsp3) is 0.214. The molecule has 0 amide bonds. The monoisotopic (exact) mass is 247 g/mol. The topological polar surface area (TPSA) is 22.1 Å². The van der Waals surface area contributed by atoms with Gasteiger partial charge in [-0.25, -0.2) is 0 Å². The van der Waals surface area contributed by atoms with Crippen molar-refractivity contribution in [3.63, 3.8) is 0 Å². The molecule has 1 aromatic heterocycles. The van der Waals surface area contributed by atoms with E-state index in [2.05, 4.69) is 4.98 Å². The molecule has 0 bridgehead atoms. The van der Waals surface area contributed by atoms with Gasteiger partial charge in [-0.1, -0.05) is 30.3 Å². The molecule has 0 aliphatic heterocycles. The second kappa shape index (κ2) is 6.26. The van der Waals surface area contributed by atoms with Gasteiger partial charge < -0.3 is 4.74 Å². The molecule has 88 valence electrons. The van der Waals surface area contributed by atoms with Crippen molar-refractivity contribution in [1.29, 1.82) is 0 Å². The lowest BCUT2D eigenvalue weighted by molar-refractivity contribution is 0.201. The van der Waals surface area contributed by atoms with E-state index in [1.165, 1.54) is 0 Å². The maximum absolute atomic E-state index is 5.89. The number of rotatable bonds is 5. The number of hydrogen-bond acceptors (Lipinski definition) is 2. The Morgan fingerprint density at radius 3 is 2.59 bits per heavy atom. The van der Waals surface area contributed by atoms with Crippen LogP contribution in [0.2, 0.25) is 0 Å². The van der Waals surface area contributed by atoms with E-state index in [0.29, 0.717) is 5.88 Å². The summed E-state index contributed by atoms with van der Waals surface area (Å²) in [5.41, 5.74) is 1.14. The van der Waals surface area contributed by atoms with Crippen LogP contribution in [0.1, 0.15) is 18.1 Å². The van der Waals surface area contributed by atoms with Crippen molar-refractivity contribution in [2.75, 3.05) is 5.88 Å². The Hall–Kier alpha value is -1.54. The number of halogens is 1. The molecule has 2 rings (SSSR count). The molecule has 0 aliphatic carbocycles. The summed E-state index contributed by atoms with van der Waals surface area (Å²) in [6.45, 7) is 0. The van der Waals surface area contributed by atoms with Crippen LogP contribution in [-0.4, -0.2) is 10.9 Å². The highest BCUT2D eigenvalue weighted by Crippen LogP contribution is 2.24. The summed E-state index contributed by atoms with van der Waals surface area (Å²) < 4.78 is 5.89. The van der Waals surface area contributed by atoms with Crippen LogP contribution in [0.3, 0.4) is 0 Å². The van der Waals surface area contributed by atoms with Crippen molar-refractivity contribution in [2.24, 2.45) is 0 Å². The zero-order valence-electron chi connectivity index (χ0n) is 9.42. The average molecular weight is 248 g/mol. The summed E-state index contributed by atoms with van der Waals surface area (Å²) in [4.78, 5) is 4.03. The number of alkyl halides is 1. The molecule has 1 unspecified atom stereocenters. The van der Waals surface area contributed by atoms with E-state index < -0.39 is 0 Å². The normalized spacial score (nSPS) is 12.1. The van der Waals surface area contributed by atoms with Crippen molar-refractivity contribution in [2.45, 2.75) is 12.5 Å². The molecule has 17 heavy (non-hydrogen) atoms. The zero-order chi connectivity index (χ0) is 11.9. The van der Waals surface area contributed by atoms with Crippen molar-refractivity contribution < 1.29 is 4.74 Å². The first-order chi connectivity index (χ1) is 8.40. The minimum atomic E-state index is -0.0158. The minimum Gasteiger partial charge on any atom is -0.484 e. The van der Waals surface area contributed by atoms with E-state index in [1.54, 1.807) is 12.4 Å². The molecular formula is C14H14ClNO. The van der Waals surface area contributed by atoms with Crippen LogP contribution in [0.5, 0.6) is 5.75 Å². The minimum absolute atomic E-state index is 0.0158. The van der Waals surface area contributed by atoms with Crippen molar-refractivity contribution in [3.8, 4) is 5.75 Å². The Kier molecular flexibility index (Phi) is 4.39. The largest absolute Gasteiger partial charge is 0.484 e. The summed E-state index contributed by atoms with van der Waals surface area (Å²) in [6.07, 6.45) is 4.20. The lowest BCUT2D eigenvalue weighted by Crippen LogP contribution is -2.08. The predicted molar refractivity (Wildman–Crippen MR) is 69.4 cm³/mol. The van der Waals surface area contributed by atoms with Crippen molar-refractivity contribution >= 4 is 11.6 Å². The number of aromatic nitrogens is 1. The fourth-order valence-electron chi connectivity index (χ4n) is 1.64. The van der Waals surface area contributed by atoms with Gasteiger partial charge in [0.25, 0.3) is 0 Å². The molecule has 1 heterocycles. The molecule has 0 aliphatic rings. The maximum atomic E-state index is 5.89. The van der Waals surface area contributed by atoms with E-state index >= 15 is 0 Å². The standard InChI is InChI=1S/C14H14ClNO/c15-9-8-14(12-5-2-1-3-6-12)17-13-7-4-10-16-11-13/h1-7,10-11,14H,8-9H2. The third kappa shape index (κ3) is 3.46. The third-order valence-corrected chi connectivity index (χ3v) is 2.67. The Morgan fingerprint density at radius 2 is 1.94 bits per heavy atom. The number of ether oxygens (including phenoxy) is 1. The highest BCUT2D eigenvalue weighted by molar-refractivity contribution is 6.17. The van der Waals surface area contributed by atoms with Gasteiger partial charge in [-0.3, -0.25) is 4.98 Å². The van der Waals surface area contributed by atoms with Gasteiger partial charge in [-0.2, -0.15) is 0 Å². The first-order valence-electron chi connectivity index (χ1n) is 5.58. The second-order valence-electron chi connectivity index (χ2n) is 3.68. The van der Waals surface area contributed by atoms with Gasteiger partial charge in [-0.05, 0) is 17.7 Å². The van der Waals surface area contributed by atoms with E-state index in [-0.39, 0.29) is 6.10 Å². The summed E-state index contributed by atoms with van der Waals surface area (Å²) in [6, 6.07) is 13.9. The fourth-order valence-corrected chi connectivity index (χ4v) is 1.84. The quantitative estimate of drug-likeness (QED) is 0.749. The van der Waals surface area contributed by atoms with Crippen LogP contribution in [0, 0.1) is 0 Å². The van der Waals surface area contributed by atoms with Gasteiger partial charge in [0.2, 0.25) is 0 Å². The Bertz CT molecular complexity index is 432. The lowest BCUT2D eigenvalue weighted by atomic mass is 10.1. The first-order valence-corrected chi connectivity index (χ1v) is 6.11. The summed E-state index contributed by atoms with van der Waals surface area (Å²) in [5, 5.41) is 0. The average Bonchev–Trinajstić information content (AvgIpc) is 2.40. The molecule has 0 N–H and O–H groups in total. The highest BCUT2D eigenvalue weighted by Gasteiger charge is 2.12. The number of hydrogen-bond donors (Lipinski definition) is 0. The molecule has 0 fully saturated rings. The summed E-state index contributed by atoms with van der Waals surface area (Å²) in [7, 11) is 0. The van der Waals surface area contributed by atoms with Gasteiger partial charge in [-0.15, -0.1) is 11.6 Å². The summed E-state index contributed by atoms with van der Waals surface area (Å²) in [5.74, 6) is 1.34. The maximum Gasteiger partial charge on any atom is 0.138 e. The van der Waals surface area contributed by atoms with Gasteiger partial charge in [0.05, 0.1) is 6.20 Å². The molecular weight excluding hydrogens is 234 g/mol. The number of benzene rings is 1. The molecule has 2 nitrogen and oxygen atoms in total. The third-order valence-electron chi connectivity index (χ3n) is 2.46. The van der Waals surface area contributed by atoms with E-state index in [1.807, 2.05) is 42.5 Å². The van der Waals surface area contributed by atoms with Gasteiger partial charge >= 0.3 is 0 Å². The van der Waals surface area contributed by atoms with Gasteiger partial charge in [0.1, 0.15) is 11.9 Å². The van der Waals surface area contributed by atoms with Crippen LogP contribution < -0.4 is 4.74 Å². The van der Waals surface area contributed by atoms with Crippen LogP contribution in [0.25, 0.3) is 0 Å². The Morgan fingerprint density at radius 1 is 1.12 bits per heavy atom. The molecule has 0 spiro atoms. The molecule has 1 aromatic carbocycles. The zero-order valence-corrected chi connectivity index (χ0v) is 10.2. The Balaban J connectivity index is 2.13. The van der Waals surface area contributed by atoms with Crippen LogP contribution in [0.15, 0.2) is 54.9 Å². The van der Waals surface area contributed by atoms with Crippen LogP contribution >= 0.6 is 11.6 Å². The number of pyridine rings is 1. The second-order valence-corrected chi connectivity index (χ2v) is 4.06. The van der Waals surface area contributed by atoms with E-state index in [0.717, 1.165) is 17.7 Å². The van der Waals surface area contributed by atoms with Gasteiger partial charge in [0.15, 0.2) is 0 Å². The van der Waals surface area contributed by atoms with Crippen LogP contribution in [0.4, 0.5) is 0 Å². The van der Waals surface area contributed by atoms with Crippen molar-refractivity contribution in [1.82, 2.24) is 4.98 Å². The lowest BCUT2D eigenvalue weighted by Gasteiger charge is -2.18. The smallest absolute Gasteiger partial charge is 0.138 e. The predicted octanol–water partition coefficient (Wildman–Crippen LogP) is 3.83. The van der Waals surface area contributed by atoms with Crippen LogP contribution in [-0.2, 0) is 0 Å². The van der Waals surface area contributed by atoms with Crippen molar-refractivity contribution in [3.05, 3.63) is 60.4 Å². The molecule has 3 heteroatoms. The molecule has 0 saturated heterocycles. The molecule has 2 aromatic rings. The van der Waals surface area contributed by atoms with E-state index in [9.17, 15) is 0 Å².